The van der Waals surface area contributed by atoms with Gasteiger partial charge in [0.2, 0.25) is 0 Å². The molecule has 27 heavy (non-hydrogen) atoms. The van der Waals surface area contributed by atoms with Gasteiger partial charge >= 0.3 is 0 Å². The van der Waals surface area contributed by atoms with Gasteiger partial charge in [0.05, 0.1) is 13.2 Å². The third kappa shape index (κ3) is 3.49. The van der Waals surface area contributed by atoms with Gasteiger partial charge in [-0.05, 0) is 43.7 Å². The minimum Gasteiger partial charge on any atom is -0.497 e. The number of methoxy groups -OCH3 is 1. The van der Waals surface area contributed by atoms with Crippen molar-refractivity contribution >= 4 is 10.9 Å². The lowest BCUT2D eigenvalue weighted by Crippen LogP contribution is -2.27. The Morgan fingerprint density at radius 1 is 1.33 bits per heavy atom. The first-order valence-electron chi connectivity index (χ1n) is 9.45. The molecule has 0 unspecified atom stereocenters. The number of rotatable bonds is 5. The second-order valence-corrected chi connectivity index (χ2v) is 7.51. The maximum Gasteiger partial charge on any atom is 0.252 e. The van der Waals surface area contributed by atoms with Gasteiger partial charge in [0.1, 0.15) is 17.2 Å². The van der Waals surface area contributed by atoms with Crippen LogP contribution in [0.15, 0.2) is 39.6 Å². The van der Waals surface area contributed by atoms with Gasteiger partial charge in [-0.15, -0.1) is 0 Å². The van der Waals surface area contributed by atoms with Crippen molar-refractivity contribution in [1.29, 1.82) is 0 Å². The number of aromatic nitrogens is 2. The molecule has 6 nitrogen and oxygen atoms in total. The fourth-order valence-electron chi connectivity index (χ4n) is 3.78. The summed E-state index contributed by atoms with van der Waals surface area (Å²) in [5.41, 5.74) is 2.51. The standard InChI is InChI=1S/C21H25N3O3/c1-13(2)20-11-18(23-27-20)19-5-4-8-24(19)12-15-9-14-10-16(26-3)6-7-17(14)22-21(15)25/h6-7,9-11,13,19H,4-5,8,12H2,1-3H3,(H,22,25)/t19-/m1/s1. The Labute approximate surface area is 158 Å². The Kier molecular flexibility index (Phi) is 4.74. The van der Waals surface area contributed by atoms with Crippen LogP contribution in [0.2, 0.25) is 0 Å². The number of H-pyrrole nitrogens is 1. The minimum atomic E-state index is -0.0404. The first-order valence-corrected chi connectivity index (χ1v) is 9.45. The van der Waals surface area contributed by atoms with Crippen LogP contribution in [-0.2, 0) is 6.54 Å². The topological polar surface area (TPSA) is 71.4 Å². The summed E-state index contributed by atoms with van der Waals surface area (Å²) >= 11 is 0. The van der Waals surface area contributed by atoms with E-state index in [0.29, 0.717) is 12.5 Å². The van der Waals surface area contributed by atoms with Crippen molar-refractivity contribution in [3.8, 4) is 5.75 Å². The van der Waals surface area contributed by atoms with Crippen molar-refractivity contribution in [2.45, 2.75) is 45.2 Å². The van der Waals surface area contributed by atoms with E-state index in [4.69, 9.17) is 9.26 Å². The van der Waals surface area contributed by atoms with Gasteiger partial charge in [-0.25, -0.2) is 0 Å². The van der Waals surface area contributed by atoms with Crippen LogP contribution in [-0.4, -0.2) is 28.7 Å². The maximum atomic E-state index is 12.6. The molecule has 1 aromatic carbocycles. The fourth-order valence-corrected chi connectivity index (χ4v) is 3.78. The van der Waals surface area contributed by atoms with Gasteiger partial charge in [0.15, 0.2) is 0 Å². The van der Waals surface area contributed by atoms with E-state index in [0.717, 1.165) is 53.1 Å². The van der Waals surface area contributed by atoms with Crippen molar-refractivity contribution in [2.24, 2.45) is 0 Å². The zero-order valence-corrected chi connectivity index (χ0v) is 16.0. The van der Waals surface area contributed by atoms with E-state index < -0.39 is 0 Å². The number of benzene rings is 1. The van der Waals surface area contributed by atoms with E-state index in [-0.39, 0.29) is 11.6 Å². The molecule has 1 aliphatic rings. The Morgan fingerprint density at radius 2 is 2.19 bits per heavy atom. The summed E-state index contributed by atoms with van der Waals surface area (Å²) in [5.74, 6) is 2.01. The Balaban J connectivity index is 1.61. The molecule has 1 saturated heterocycles. The number of pyridine rings is 1. The maximum absolute atomic E-state index is 12.6. The first-order chi connectivity index (χ1) is 13.0. The molecule has 6 heteroatoms. The van der Waals surface area contributed by atoms with Crippen LogP contribution in [0.5, 0.6) is 5.75 Å². The summed E-state index contributed by atoms with van der Waals surface area (Å²) < 4.78 is 10.8. The number of aromatic amines is 1. The molecule has 0 saturated carbocycles. The molecular weight excluding hydrogens is 342 g/mol. The minimum absolute atomic E-state index is 0.0404. The summed E-state index contributed by atoms with van der Waals surface area (Å²) in [4.78, 5) is 17.9. The number of fused-ring (bicyclic) bond motifs is 1. The van der Waals surface area contributed by atoms with Crippen molar-refractivity contribution in [3.63, 3.8) is 0 Å². The van der Waals surface area contributed by atoms with Gasteiger partial charge < -0.3 is 14.2 Å². The highest BCUT2D eigenvalue weighted by Gasteiger charge is 2.29. The van der Waals surface area contributed by atoms with Crippen molar-refractivity contribution in [3.05, 3.63) is 57.7 Å². The van der Waals surface area contributed by atoms with Crippen molar-refractivity contribution in [2.75, 3.05) is 13.7 Å². The smallest absolute Gasteiger partial charge is 0.252 e. The quantitative estimate of drug-likeness (QED) is 0.738. The molecule has 1 aliphatic heterocycles. The van der Waals surface area contributed by atoms with Crippen LogP contribution >= 0.6 is 0 Å². The van der Waals surface area contributed by atoms with Gasteiger partial charge in [-0.3, -0.25) is 9.69 Å². The number of ether oxygens (including phenoxy) is 1. The number of hydrogen-bond acceptors (Lipinski definition) is 5. The Bertz CT molecular complexity index is 1010. The molecule has 0 radical (unpaired) electrons. The molecule has 1 fully saturated rings. The van der Waals surface area contributed by atoms with E-state index in [1.165, 1.54) is 0 Å². The summed E-state index contributed by atoms with van der Waals surface area (Å²) in [6.45, 7) is 5.74. The van der Waals surface area contributed by atoms with Crippen LogP contribution in [0.4, 0.5) is 0 Å². The van der Waals surface area contributed by atoms with Gasteiger partial charge in [-0.1, -0.05) is 19.0 Å². The lowest BCUT2D eigenvalue weighted by Gasteiger charge is -2.22. The average Bonchev–Trinajstić information content (AvgIpc) is 3.31. The van der Waals surface area contributed by atoms with E-state index in [2.05, 4.69) is 35.0 Å². The third-order valence-corrected chi connectivity index (χ3v) is 5.32. The van der Waals surface area contributed by atoms with E-state index >= 15 is 0 Å². The van der Waals surface area contributed by atoms with Crippen LogP contribution in [0, 0.1) is 0 Å². The lowest BCUT2D eigenvalue weighted by atomic mass is 10.1. The predicted octanol–water partition coefficient (Wildman–Crippen LogP) is 3.99. The number of likely N-dealkylation sites (tertiary alicyclic amines) is 1. The number of nitrogens with zero attached hydrogens (tertiary/aromatic N) is 2. The van der Waals surface area contributed by atoms with Gasteiger partial charge in [0.25, 0.3) is 5.56 Å². The van der Waals surface area contributed by atoms with Crippen LogP contribution < -0.4 is 10.3 Å². The molecule has 1 N–H and O–H groups in total. The fraction of sp³-hybridized carbons (Fsp3) is 0.429. The predicted molar refractivity (Wildman–Crippen MR) is 104 cm³/mol. The average molecular weight is 367 g/mol. The second-order valence-electron chi connectivity index (χ2n) is 7.51. The molecule has 3 heterocycles. The molecule has 0 spiro atoms. The second kappa shape index (κ2) is 7.19. The zero-order valence-electron chi connectivity index (χ0n) is 16.0. The highest BCUT2D eigenvalue weighted by Crippen LogP contribution is 2.33. The lowest BCUT2D eigenvalue weighted by molar-refractivity contribution is 0.235. The van der Waals surface area contributed by atoms with Gasteiger partial charge in [-0.2, -0.15) is 0 Å². The van der Waals surface area contributed by atoms with Gasteiger partial charge in [0, 0.05) is 35.0 Å². The summed E-state index contributed by atoms with van der Waals surface area (Å²) in [6, 6.07) is 9.90. The van der Waals surface area contributed by atoms with Crippen molar-refractivity contribution < 1.29 is 9.26 Å². The summed E-state index contributed by atoms with van der Waals surface area (Å²) in [5, 5.41) is 5.26. The highest BCUT2D eigenvalue weighted by atomic mass is 16.5. The van der Waals surface area contributed by atoms with Crippen LogP contribution in [0.3, 0.4) is 0 Å². The van der Waals surface area contributed by atoms with E-state index in [1.54, 1.807) is 7.11 Å². The molecular formula is C21H25N3O3. The molecule has 4 rings (SSSR count). The SMILES string of the molecule is COc1ccc2[nH]c(=O)c(CN3CCC[C@@H]3c3cc(C(C)C)on3)cc2c1. The zero-order chi connectivity index (χ0) is 19.0. The van der Waals surface area contributed by atoms with E-state index in [9.17, 15) is 4.79 Å². The third-order valence-electron chi connectivity index (χ3n) is 5.32. The molecule has 0 amide bonds. The molecule has 1 atom stereocenters. The Morgan fingerprint density at radius 3 is 2.93 bits per heavy atom. The molecule has 3 aromatic rings. The monoisotopic (exact) mass is 367 g/mol. The van der Waals surface area contributed by atoms with Crippen LogP contribution in [0.25, 0.3) is 10.9 Å². The van der Waals surface area contributed by atoms with Crippen LogP contribution in [0.1, 0.15) is 55.7 Å². The molecule has 142 valence electrons. The molecule has 2 aromatic heterocycles. The molecule has 0 aliphatic carbocycles. The summed E-state index contributed by atoms with van der Waals surface area (Å²) in [6.07, 6.45) is 2.12. The summed E-state index contributed by atoms with van der Waals surface area (Å²) in [7, 11) is 1.64. The number of nitrogens with one attached hydrogen (secondary N) is 1. The van der Waals surface area contributed by atoms with E-state index in [1.807, 2.05) is 24.3 Å². The number of hydrogen-bond donors (Lipinski definition) is 1. The molecule has 0 bridgehead atoms. The highest BCUT2D eigenvalue weighted by molar-refractivity contribution is 5.80. The Hall–Kier alpha value is -2.60. The largest absolute Gasteiger partial charge is 0.497 e. The van der Waals surface area contributed by atoms with Crippen molar-refractivity contribution in [1.82, 2.24) is 15.0 Å². The first kappa shape index (κ1) is 17.8. The normalized spacial score (nSPS) is 17.9.